The molecule has 2 heteroatoms. The van der Waals surface area contributed by atoms with Gasteiger partial charge in [-0.05, 0) is 31.2 Å². The van der Waals surface area contributed by atoms with Crippen LogP contribution >= 0.6 is 0 Å². The van der Waals surface area contributed by atoms with Crippen molar-refractivity contribution >= 4 is 0 Å². The van der Waals surface area contributed by atoms with Crippen molar-refractivity contribution in [2.24, 2.45) is 11.8 Å². The molecule has 0 saturated heterocycles. The van der Waals surface area contributed by atoms with Crippen LogP contribution < -0.4 is 5.32 Å². The Morgan fingerprint density at radius 3 is 2.79 bits per heavy atom. The summed E-state index contributed by atoms with van der Waals surface area (Å²) in [6.07, 6.45) is 4.49. The largest absolute Gasteiger partial charge is 0.388 e. The SMILES string of the molecule is CCC1CCCC1(O)CNCC(C)C. The smallest absolute Gasteiger partial charge is 0.0799 e. The van der Waals surface area contributed by atoms with E-state index < -0.39 is 5.60 Å². The van der Waals surface area contributed by atoms with Gasteiger partial charge in [-0.15, -0.1) is 0 Å². The van der Waals surface area contributed by atoms with E-state index in [9.17, 15) is 5.11 Å². The van der Waals surface area contributed by atoms with Crippen LogP contribution in [-0.4, -0.2) is 23.8 Å². The van der Waals surface area contributed by atoms with Gasteiger partial charge in [-0.2, -0.15) is 0 Å². The summed E-state index contributed by atoms with van der Waals surface area (Å²) in [5.41, 5.74) is -0.413. The van der Waals surface area contributed by atoms with Gasteiger partial charge < -0.3 is 10.4 Å². The fraction of sp³-hybridized carbons (Fsp3) is 1.00. The molecule has 84 valence electrons. The molecule has 1 aliphatic rings. The number of hydrogen-bond donors (Lipinski definition) is 2. The minimum Gasteiger partial charge on any atom is -0.388 e. The summed E-state index contributed by atoms with van der Waals surface area (Å²) in [4.78, 5) is 0. The molecule has 2 N–H and O–H groups in total. The van der Waals surface area contributed by atoms with Gasteiger partial charge in [-0.3, -0.25) is 0 Å². The van der Waals surface area contributed by atoms with Crippen LogP contribution in [0.25, 0.3) is 0 Å². The van der Waals surface area contributed by atoms with E-state index in [1.165, 1.54) is 12.8 Å². The van der Waals surface area contributed by atoms with Gasteiger partial charge in [0.15, 0.2) is 0 Å². The molecule has 1 aliphatic carbocycles. The Bertz CT molecular complexity index is 170. The highest BCUT2D eigenvalue weighted by Gasteiger charge is 2.39. The summed E-state index contributed by atoms with van der Waals surface area (Å²) < 4.78 is 0. The summed E-state index contributed by atoms with van der Waals surface area (Å²) in [7, 11) is 0. The molecule has 1 rings (SSSR count). The van der Waals surface area contributed by atoms with Gasteiger partial charge in [0.2, 0.25) is 0 Å². The van der Waals surface area contributed by atoms with Crippen LogP contribution in [0.1, 0.15) is 46.5 Å². The summed E-state index contributed by atoms with van der Waals surface area (Å²) in [5.74, 6) is 1.18. The molecule has 2 nitrogen and oxygen atoms in total. The minimum absolute atomic E-state index is 0.413. The van der Waals surface area contributed by atoms with Gasteiger partial charge in [0, 0.05) is 6.54 Å². The lowest BCUT2D eigenvalue weighted by Gasteiger charge is -2.30. The summed E-state index contributed by atoms with van der Waals surface area (Å²) in [6, 6.07) is 0. The Morgan fingerprint density at radius 1 is 1.50 bits per heavy atom. The van der Waals surface area contributed by atoms with E-state index in [1.54, 1.807) is 0 Å². The maximum absolute atomic E-state index is 10.4. The third-order valence-electron chi connectivity index (χ3n) is 3.40. The zero-order chi connectivity index (χ0) is 10.6. The molecule has 0 aromatic heterocycles. The van der Waals surface area contributed by atoms with Gasteiger partial charge in [-0.1, -0.05) is 33.6 Å². The second-order valence-electron chi connectivity index (χ2n) is 5.13. The van der Waals surface area contributed by atoms with E-state index in [1.807, 2.05) is 0 Å². The normalized spacial score (nSPS) is 32.8. The molecular formula is C12H25NO. The first kappa shape index (κ1) is 12.0. The van der Waals surface area contributed by atoms with Crippen molar-refractivity contribution in [2.75, 3.05) is 13.1 Å². The van der Waals surface area contributed by atoms with Gasteiger partial charge in [0.25, 0.3) is 0 Å². The molecule has 0 amide bonds. The highest BCUT2D eigenvalue weighted by Crippen LogP contribution is 2.37. The molecule has 0 heterocycles. The lowest BCUT2D eigenvalue weighted by molar-refractivity contribution is 0.00162. The van der Waals surface area contributed by atoms with Crippen molar-refractivity contribution < 1.29 is 5.11 Å². The number of nitrogens with one attached hydrogen (secondary N) is 1. The van der Waals surface area contributed by atoms with E-state index in [4.69, 9.17) is 0 Å². The second-order valence-corrected chi connectivity index (χ2v) is 5.13. The Balaban J connectivity index is 2.33. The molecular weight excluding hydrogens is 174 g/mol. The first-order chi connectivity index (χ1) is 6.58. The second kappa shape index (κ2) is 5.13. The van der Waals surface area contributed by atoms with E-state index in [2.05, 4.69) is 26.1 Å². The monoisotopic (exact) mass is 199 g/mol. The molecule has 2 unspecified atom stereocenters. The summed E-state index contributed by atoms with van der Waals surface area (Å²) in [5, 5.41) is 13.8. The lowest BCUT2D eigenvalue weighted by Crippen LogP contribution is -2.44. The molecule has 0 bridgehead atoms. The maximum Gasteiger partial charge on any atom is 0.0799 e. The fourth-order valence-corrected chi connectivity index (χ4v) is 2.52. The molecule has 0 aromatic rings. The van der Waals surface area contributed by atoms with Crippen LogP contribution in [0.4, 0.5) is 0 Å². The number of hydrogen-bond acceptors (Lipinski definition) is 2. The highest BCUT2D eigenvalue weighted by molar-refractivity contribution is 4.93. The Kier molecular flexibility index (Phi) is 4.39. The molecule has 2 atom stereocenters. The summed E-state index contributed by atoms with van der Waals surface area (Å²) >= 11 is 0. The van der Waals surface area contributed by atoms with Crippen LogP contribution in [0, 0.1) is 11.8 Å². The van der Waals surface area contributed by atoms with Crippen molar-refractivity contribution in [1.82, 2.24) is 5.32 Å². The minimum atomic E-state index is -0.413. The van der Waals surface area contributed by atoms with E-state index >= 15 is 0 Å². The third kappa shape index (κ3) is 2.96. The van der Waals surface area contributed by atoms with Crippen molar-refractivity contribution in [3.63, 3.8) is 0 Å². The summed E-state index contributed by atoms with van der Waals surface area (Å²) in [6.45, 7) is 8.37. The molecule has 0 aliphatic heterocycles. The quantitative estimate of drug-likeness (QED) is 0.711. The zero-order valence-electron chi connectivity index (χ0n) is 9.84. The van der Waals surface area contributed by atoms with Gasteiger partial charge in [-0.25, -0.2) is 0 Å². The van der Waals surface area contributed by atoms with Crippen molar-refractivity contribution in [1.29, 1.82) is 0 Å². The molecule has 14 heavy (non-hydrogen) atoms. The molecule has 0 aromatic carbocycles. The van der Waals surface area contributed by atoms with Crippen LogP contribution in [0.3, 0.4) is 0 Å². The Morgan fingerprint density at radius 2 is 2.21 bits per heavy atom. The van der Waals surface area contributed by atoms with Crippen molar-refractivity contribution in [2.45, 2.75) is 52.1 Å². The van der Waals surface area contributed by atoms with E-state index in [0.717, 1.165) is 25.9 Å². The lowest BCUT2D eigenvalue weighted by atomic mass is 9.88. The van der Waals surface area contributed by atoms with Crippen LogP contribution in [-0.2, 0) is 0 Å². The average molecular weight is 199 g/mol. The topological polar surface area (TPSA) is 32.3 Å². The molecule has 1 saturated carbocycles. The Labute approximate surface area is 88.1 Å². The Hall–Kier alpha value is -0.0800. The predicted octanol–water partition coefficient (Wildman–Crippen LogP) is 2.17. The van der Waals surface area contributed by atoms with Crippen LogP contribution in [0.5, 0.6) is 0 Å². The van der Waals surface area contributed by atoms with Gasteiger partial charge >= 0.3 is 0 Å². The standard InChI is InChI=1S/C12H25NO/c1-4-11-6-5-7-12(11,14)9-13-8-10(2)3/h10-11,13-14H,4-9H2,1-3H3. The number of aliphatic hydroxyl groups is 1. The van der Waals surface area contributed by atoms with E-state index in [0.29, 0.717) is 11.8 Å². The third-order valence-corrected chi connectivity index (χ3v) is 3.40. The van der Waals surface area contributed by atoms with E-state index in [-0.39, 0.29) is 0 Å². The average Bonchev–Trinajstić information content (AvgIpc) is 2.46. The maximum atomic E-state index is 10.4. The van der Waals surface area contributed by atoms with Crippen molar-refractivity contribution in [3.05, 3.63) is 0 Å². The van der Waals surface area contributed by atoms with Gasteiger partial charge in [0.05, 0.1) is 5.60 Å². The first-order valence-electron chi connectivity index (χ1n) is 6.01. The van der Waals surface area contributed by atoms with Crippen molar-refractivity contribution in [3.8, 4) is 0 Å². The van der Waals surface area contributed by atoms with Gasteiger partial charge in [0.1, 0.15) is 0 Å². The molecule has 0 radical (unpaired) electrons. The highest BCUT2D eigenvalue weighted by atomic mass is 16.3. The predicted molar refractivity (Wildman–Crippen MR) is 60.3 cm³/mol. The zero-order valence-corrected chi connectivity index (χ0v) is 9.84. The van der Waals surface area contributed by atoms with Crippen LogP contribution in [0.2, 0.25) is 0 Å². The first-order valence-corrected chi connectivity index (χ1v) is 6.01. The molecule has 1 fully saturated rings. The number of rotatable bonds is 5. The van der Waals surface area contributed by atoms with Crippen LogP contribution in [0.15, 0.2) is 0 Å². The molecule has 0 spiro atoms. The fourth-order valence-electron chi connectivity index (χ4n) is 2.52.